The third kappa shape index (κ3) is 2.27. The molecule has 2 nitrogen and oxygen atoms in total. The second-order valence-electron chi connectivity index (χ2n) is 4.80. The normalized spacial score (nSPS) is 17.6. The maximum atomic E-state index is 4.51. The smallest absolute Gasteiger partial charge is 0.0691 e. The molecule has 1 N–H and O–H groups in total. The fraction of sp³-hybridized carbons (Fsp3) is 0.267. The first-order valence-electron chi connectivity index (χ1n) is 6.20. The number of halogens is 1. The van der Waals surface area contributed by atoms with E-state index in [9.17, 15) is 0 Å². The first kappa shape index (κ1) is 11.7. The molecule has 2 aromatic rings. The zero-order valence-corrected chi connectivity index (χ0v) is 11.9. The lowest BCUT2D eigenvalue weighted by atomic mass is 10.1. The third-order valence-corrected chi connectivity index (χ3v) is 3.80. The van der Waals surface area contributed by atoms with Gasteiger partial charge in [-0.25, -0.2) is 0 Å². The van der Waals surface area contributed by atoms with Crippen molar-refractivity contribution in [2.24, 2.45) is 0 Å². The van der Waals surface area contributed by atoms with Gasteiger partial charge in [-0.15, -0.1) is 0 Å². The van der Waals surface area contributed by atoms with Gasteiger partial charge in [-0.1, -0.05) is 22.0 Å². The van der Waals surface area contributed by atoms with E-state index in [4.69, 9.17) is 0 Å². The number of hydrogen-bond acceptors (Lipinski definition) is 2. The quantitative estimate of drug-likeness (QED) is 0.897. The number of aromatic nitrogens is 1. The Labute approximate surface area is 116 Å². The maximum Gasteiger partial charge on any atom is 0.0691 e. The number of pyridine rings is 1. The van der Waals surface area contributed by atoms with E-state index < -0.39 is 0 Å². The average molecular weight is 303 g/mol. The van der Waals surface area contributed by atoms with Crippen molar-refractivity contribution >= 4 is 21.6 Å². The monoisotopic (exact) mass is 302 g/mol. The minimum Gasteiger partial charge on any atom is -0.377 e. The first-order chi connectivity index (χ1) is 8.72. The van der Waals surface area contributed by atoms with Crippen LogP contribution < -0.4 is 5.32 Å². The molecular formula is C15H15BrN2. The van der Waals surface area contributed by atoms with E-state index in [1.165, 1.54) is 16.8 Å². The van der Waals surface area contributed by atoms with E-state index in [0.717, 1.165) is 23.0 Å². The molecule has 0 spiro atoms. The van der Waals surface area contributed by atoms with Crippen LogP contribution in [0, 0.1) is 6.92 Å². The molecule has 0 bridgehead atoms. The molecular weight excluding hydrogens is 288 g/mol. The summed E-state index contributed by atoms with van der Waals surface area (Å²) in [5, 5.41) is 3.59. The van der Waals surface area contributed by atoms with Gasteiger partial charge in [0.1, 0.15) is 0 Å². The van der Waals surface area contributed by atoms with Gasteiger partial charge in [-0.3, -0.25) is 4.98 Å². The number of anilines is 1. The Balaban J connectivity index is 1.86. The summed E-state index contributed by atoms with van der Waals surface area (Å²) >= 11 is 3.54. The molecule has 3 heteroatoms. The standard InChI is InChI=1S/C15H15BrN2/c1-10-7-12(16)9-13(8-10)18-14-5-4-11-3-2-6-17-15(11)14/h2-3,6-9,14,18H,4-5H2,1H3. The lowest BCUT2D eigenvalue weighted by Crippen LogP contribution is -2.08. The number of nitrogens with zero attached hydrogens (tertiary/aromatic N) is 1. The molecule has 0 saturated heterocycles. The highest BCUT2D eigenvalue weighted by Crippen LogP contribution is 2.32. The highest BCUT2D eigenvalue weighted by Gasteiger charge is 2.23. The SMILES string of the molecule is Cc1cc(Br)cc(NC2CCc3cccnc32)c1. The van der Waals surface area contributed by atoms with Crippen molar-refractivity contribution in [3.8, 4) is 0 Å². The summed E-state index contributed by atoms with van der Waals surface area (Å²) in [6, 6.07) is 10.9. The van der Waals surface area contributed by atoms with Crippen molar-refractivity contribution in [1.82, 2.24) is 4.98 Å². The molecule has 1 atom stereocenters. The van der Waals surface area contributed by atoms with Crippen molar-refractivity contribution < 1.29 is 0 Å². The van der Waals surface area contributed by atoms with E-state index in [-0.39, 0.29) is 0 Å². The van der Waals surface area contributed by atoms with Gasteiger partial charge in [0.25, 0.3) is 0 Å². The van der Waals surface area contributed by atoms with Crippen LogP contribution in [0.5, 0.6) is 0 Å². The van der Waals surface area contributed by atoms with Crippen LogP contribution in [0.4, 0.5) is 5.69 Å². The van der Waals surface area contributed by atoms with Crippen molar-refractivity contribution in [2.75, 3.05) is 5.32 Å². The van der Waals surface area contributed by atoms with E-state index >= 15 is 0 Å². The Morgan fingerprint density at radius 2 is 2.22 bits per heavy atom. The molecule has 0 aliphatic heterocycles. The lowest BCUT2D eigenvalue weighted by molar-refractivity contribution is 0.746. The van der Waals surface area contributed by atoms with Crippen LogP contribution in [0.2, 0.25) is 0 Å². The van der Waals surface area contributed by atoms with Crippen LogP contribution in [0.1, 0.15) is 29.3 Å². The predicted molar refractivity (Wildman–Crippen MR) is 77.8 cm³/mol. The topological polar surface area (TPSA) is 24.9 Å². The van der Waals surface area contributed by atoms with Gasteiger partial charge in [0.2, 0.25) is 0 Å². The van der Waals surface area contributed by atoms with E-state index in [2.05, 4.69) is 57.4 Å². The second kappa shape index (κ2) is 4.73. The van der Waals surface area contributed by atoms with Gasteiger partial charge in [0, 0.05) is 16.4 Å². The number of rotatable bonds is 2. The fourth-order valence-corrected chi connectivity index (χ4v) is 3.18. The van der Waals surface area contributed by atoms with Crippen LogP contribution in [-0.2, 0) is 6.42 Å². The van der Waals surface area contributed by atoms with Gasteiger partial charge in [0.05, 0.1) is 11.7 Å². The molecule has 0 saturated carbocycles. The number of nitrogens with one attached hydrogen (secondary N) is 1. The number of benzene rings is 1. The summed E-state index contributed by atoms with van der Waals surface area (Å²) in [7, 11) is 0. The summed E-state index contributed by atoms with van der Waals surface area (Å²) in [5.74, 6) is 0. The summed E-state index contributed by atoms with van der Waals surface area (Å²) in [6.07, 6.45) is 4.12. The van der Waals surface area contributed by atoms with Crippen molar-refractivity contribution in [2.45, 2.75) is 25.8 Å². The summed E-state index contributed by atoms with van der Waals surface area (Å²) in [5.41, 5.74) is 4.99. The largest absolute Gasteiger partial charge is 0.377 e. The van der Waals surface area contributed by atoms with Crippen molar-refractivity contribution in [3.05, 3.63) is 57.8 Å². The highest BCUT2D eigenvalue weighted by molar-refractivity contribution is 9.10. The van der Waals surface area contributed by atoms with Gasteiger partial charge in [-0.05, 0) is 55.2 Å². The molecule has 18 heavy (non-hydrogen) atoms. The Morgan fingerprint density at radius 1 is 1.33 bits per heavy atom. The van der Waals surface area contributed by atoms with Gasteiger partial charge >= 0.3 is 0 Å². The van der Waals surface area contributed by atoms with Crippen LogP contribution in [-0.4, -0.2) is 4.98 Å². The number of aryl methyl sites for hydroxylation is 2. The molecule has 1 aliphatic rings. The maximum absolute atomic E-state index is 4.51. The van der Waals surface area contributed by atoms with E-state index in [0.29, 0.717) is 6.04 Å². The molecule has 3 rings (SSSR count). The Kier molecular flexibility index (Phi) is 3.08. The van der Waals surface area contributed by atoms with E-state index in [1.807, 2.05) is 12.3 Å². The zero-order chi connectivity index (χ0) is 12.5. The molecule has 1 heterocycles. The minimum atomic E-state index is 0.342. The third-order valence-electron chi connectivity index (χ3n) is 3.34. The van der Waals surface area contributed by atoms with Crippen LogP contribution >= 0.6 is 15.9 Å². The average Bonchev–Trinajstić information content (AvgIpc) is 2.72. The molecule has 1 aromatic heterocycles. The second-order valence-corrected chi connectivity index (χ2v) is 5.72. The molecule has 1 unspecified atom stereocenters. The van der Waals surface area contributed by atoms with Crippen LogP contribution in [0.15, 0.2) is 41.0 Å². The minimum absolute atomic E-state index is 0.342. The Bertz CT molecular complexity index is 560. The fourth-order valence-electron chi connectivity index (χ4n) is 2.57. The summed E-state index contributed by atoms with van der Waals surface area (Å²) in [4.78, 5) is 4.51. The van der Waals surface area contributed by atoms with Crippen LogP contribution in [0.3, 0.4) is 0 Å². The number of hydrogen-bond donors (Lipinski definition) is 1. The van der Waals surface area contributed by atoms with Crippen LogP contribution in [0.25, 0.3) is 0 Å². The number of fused-ring (bicyclic) bond motifs is 1. The van der Waals surface area contributed by atoms with Crippen molar-refractivity contribution in [1.29, 1.82) is 0 Å². The molecule has 0 radical (unpaired) electrons. The lowest BCUT2D eigenvalue weighted by Gasteiger charge is -2.15. The Hall–Kier alpha value is -1.35. The molecule has 1 aromatic carbocycles. The molecule has 1 aliphatic carbocycles. The molecule has 0 fully saturated rings. The summed E-state index contributed by atoms with van der Waals surface area (Å²) in [6.45, 7) is 2.11. The predicted octanol–water partition coefficient (Wildman–Crippen LogP) is 4.25. The van der Waals surface area contributed by atoms with Gasteiger partial charge in [-0.2, -0.15) is 0 Å². The Morgan fingerprint density at radius 3 is 3.06 bits per heavy atom. The summed E-state index contributed by atoms with van der Waals surface area (Å²) < 4.78 is 1.12. The highest BCUT2D eigenvalue weighted by atomic mass is 79.9. The van der Waals surface area contributed by atoms with Gasteiger partial charge < -0.3 is 5.32 Å². The molecule has 92 valence electrons. The molecule has 0 amide bonds. The van der Waals surface area contributed by atoms with Gasteiger partial charge in [0.15, 0.2) is 0 Å². The van der Waals surface area contributed by atoms with Crippen molar-refractivity contribution in [3.63, 3.8) is 0 Å². The first-order valence-corrected chi connectivity index (χ1v) is 6.99. The van der Waals surface area contributed by atoms with E-state index in [1.54, 1.807) is 0 Å². The zero-order valence-electron chi connectivity index (χ0n) is 10.3.